The van der Waals surface area contributed by atoms with Gasteiger partial charge in [0.05, 0.1) is 28.9 Å². The Morgan fingerprint density at radius 3 is 2.48 bits per heavy atom. The number of carbonyl (C=O) groups excluding carboxylic acids is 1. The first kappa shape index (κ1) is 24.7. The van der Waals surface area contributed by atoms with Crippen LogP contribution in [0.2, 0.25) is 5.15 Å². The molecule has 2 N–H and O–H groups in total. The largest absolute Gasteiger partial charge is 0.416 e. The first-order valence-electron chi connectivity index (χ1n) is 9.08. The molecule has 0 fully saturated rings. The number of hydrogen-bond donors (Lipinski definition) is 2. The van der Waals surface area contributed by atoms with Crippen LogP contribution in [0.1, 0.15) is 30.7 Å². The molecule has 1 heterocycles. The van der Waals surface area contributed by atoms with Crippen LogP contribution in [0.15, 0.2) is 24.3 Å². The van der Waals surface area contributed by atoms with Gasteiger partial charge in [0.2, 0.25) is 15.9 Å². The summed E-state index contributed by atoms with van der Waals surface area (Å²) in [4.78, 5) is 12.3. The molecule has 31 heavy (non-hydrogen) atoms. The van der Waals surface area contributed by atoms with E-state index in [1.807, 2.05) is 13.8 Å². The Bertz CT molecular complexity index is 1110. The van der Waals surface area contributed by atoms with Gasteiger partial charge in [0.25, 0.3) is 0 Å². The molecule has 0 spiro atoms. The normalized spacial score (nSPS) is 12.5. The highest BCUT2D eigenvalue weighted by atomic mass is 35.5. The van der Waals surface area contributed by atoms with Crippen molar-refractivity contribution in [2.45, 2.75) is 33.5 Å². The molecule has 1 aromatic heterocycles. The monoisotopic (exact) mass is 478 g/mol. The van der Waals surface area contributed by atoms with E-state index >= 15 is 0 Å². The molecule has 1 aromatic carbocycles. The Labute approximate surface area is 183 Å². The van der Waals surface area contributed by atoms with Crippen LogP contribution in [-0.4, -0.2) is 30.4 Å². The summed E-state index contributed by atoms with van der Waals surface area (Å²) in [6, 6.07) is 2.30. The molecule has 0 radical (unpaired) electrons. The lowest BCUT2D eigenvalue weighted by atomic mass is 10.1. The van der Waals surface area contributed by atoms with Gasteiger partial charge in [0.15, 0.2) is 0 Å². The van der Waals surface area contributed by atoms with Gasteiger partial charge < -0.3 is 5.32 Å². The highest BCUT2D eigenvalue weighted by molar-refractivity contribution is 7.92. The summed E-state index contributed by atoms with van der Waals surface area (Å²) in [6.07, 6.45) is -1.35. The molecule has 7 nitrogen and oxygen atoms in total. The van der Waals surface area contributed by atoms with Crippen molar-refractivity contribution >= 4 is 45.0 Å². The molecule has 0 saturated carbocycles. The summed E-state index contributed by atoms with van der Waals surface area (Å²) < 4.78 is 65.8. The van der Waals surface area contributed by atoms with Crippen molar-refractivity contribution in [2.24, 2.45) is 5.92 Å². The van der Waals surface area contributed by atoms with Crippen LogP contribution in [-0.2, 0) is 27.5 Å². The molecule has 0 aliphatic carbocycles. The standard InChI is InChI=1S/C19H22ClF3N4O3S/c1-11(2)10-27-18(20)14(12(3)25-27)6-8-17(28)24-16-9-13(19(21,22)23)5-7-15(16)26-31(4,29)30/h5-9,11,26H,10H2,1-4H3,(H,24,28)/b8-6+. The predicted molar refractivity (Wildman–Crippen MR) is 114 cm³/mol. The van der Waals surface area contributed by atoms with Crippen molar-refractivity contribution in [3.63, 3.8) is 0 Å². The molecule has 0 bridgehead atoms. The summed E-state index contributed by atoms with van der Waals surface area (Å²) in [5, 5.41) is 6.90. The van der Waals surface area contributed by atoms with Crippen molar-refractivity contribution in [1.29, 1.82) is 0 Å². The molecule has 2 rings (SSSR count). The second-order valence-electron chi connectivity index (χ2n) is 7.32. The van der Waals surface area contributed by atoms with E-state index in [9.17, 15) is 26.4 Å². The molecule has 0 unspecified atom stereocenters. The molecule has 0 saturated heterocycles. The number of rotatable bonds is 7. The van der Waals surface area contributed by atoms with Crippen molar-refractivity contribution < 1.29 is 26.4 Å². The summed E-state index contributed by atoms with van der Waals surface area (Å²) in [5.41, 5.74) is -0.506. The summed E-state index contributed by atoms with van der Waals surface area (Å²) >= 11 is 6.30. The van der Waals surface area contributed by atoms with Gasteiger partial charge in [0.1, 0.15) is 5.15 Å². The van der Waals surface area contributed by atoms with Crippen LogP contribution in [0.4, 0.5) is 24.5 Å². The van der Waals surface area contributed by atoms with Crippen molar-refractivity contribution in [1.82, 2.24) is 9.78 Å². The maximum atomic E-state index is 13.0. The number of nitrogens with zero attached hydrogens (tertiary/aromatic N) is 2. The van der Waals surface area contributed by atoms with E-state index in [1.165, 1.54) is 6.08 Å². The van der Waals surface area contributed by atoms with Crippen LogP contribution < -0.4 is 10.0 Å². The summed E-state index contributed by atoms with van der Waals surface area (Å²) in [7, 11) is -3.79. The lowest BCUT2D eigenvalue weighted by Crippen LogP contribution is -2.16. The summed E-state index contributed by atoms with van der Waals surface area (Å²) in [6.45, 7) is 6.27. The molecule has 0 aliphatic heterocycles. The SMILES string of the molecule is Cc1nn(CC(C)C)c(Cl)c1/C=C/C(=O)Nc1cc(C(F)(F)F)ccc1NS(C)(=O)=O. The zero-order valence-electron chi connectivity index (χ0n) is 17.2. The highest BCUT2D eigenvalue weighted by Gasteiger charge is 2.31. The number of aryl methyl sites for hydroxylation is 1. The topological polar surface area (TPSA) is 93.1 Å². The number of aromatic nitrogens is 2. The van der Waals surface area contributed by atoms with Gasteiger partial charge in [-0.3, -0.25) is 14.2 Å². The van der Waals surface area contributed by atoms with E-state index in [0.717, 1.165) is 18.4 Å². The van der Waals surface area contributed by atoms with Gasteiger partial charge in [-0.25, -0.2) is 8.42 Å². The van der Waals surface area contributed by atoms with Crippen LogP contribution in [0.3, 0.4) is 0 Å². The number of carbonyl (C=O) groups is 1. The van der Waals surface area contributed by atoms with E-state index in [4.69, 9.17) is 11.6 Å². The van der Waals surface area contributed by atoms with Crippen LogP contribution >= 0.6 is 11.6 Å². The second-order valence-corrected chi connectivity index (χ2v) is 9.43. The summed E-state index contributed by atoms with van der Waals surface area (Å²) in [5.74, 6) is -0.485. The Morgan fingerprint density at radius 2 is 1.94 bits per heavy atom. The van der Waals surface area contributed by atoms with E-state index in [2.05, 4.69) is 15.1 Å². The van der Waals surface area contributed by atoms with Crippen LogP contribution in [0, 0.1) is 12.8 Å². The number of anilines is 2. The molecule has 170 valence electrons. The zero-order valence-corrected chi connectivity index (χ0v) is 18.8. The second kappa shape index (κ2) is 9.31. The first-order valence-corrected chi connectivity index (χ1v) is 11.4. The fraction of sp³-hybridized carbons (Fsp3) is 0.368. The first-order chi connectivity index (χ1) is 14.2. The Kier molecular flexibility index (Phi) is 7.43. The Morgan fingerprint density at radius 1 is 1.29 bits per heavy atom. The molecule has 0 aliphatic rings. The maximum absolute atomic E-state index is 13.0. The minimum absolute atomic E-state index is 0.198. The highest BCUT2D eigenvalue weighted by Crippen LogP contribution is 2.34. The number of benzene rings is 1. The fourth-order valence-electron chi connectivity index (χ4n) is 2.67. The van der Waals surface area contributed by atoms with Crippen molar-refractivity contribution in [2.75, 3.05) is 16.3 Å². The Balaban J connectivity index is 2.31. The molecular weight excluding hydrogens is 457 g/mol. The van der Waals surface area contributed by atoms with Crippen LogP contribution in [0.25, 0.3) is 6.08 Å². The van der Waals surface area contributed by atoms with E-state index in [-0.39, 0.29) is 11.4 Å². The lowest BCUT2D eigenvalue weighted by molar-refractivity contribution is -0.137. The molecule has 1 amide bonds. The van der Waals surface area contributed by atoms with Gasteiger partial charge >= 0.3 is 6.18 Å². The van der Waals surface area contributed by atoms with Crippen molar-refractivity contribution in [3.05, 3.63) is 46.2 Å². The third kappa shape index (κ3) is 7.00. The number of nitrogens with one attached hydrogen (secondary N) is 2. The van der Waals surface area contributed by atoms with Gasteiger partial charge in [-0.15, -0.1) is 0 Å². The molecule has 2 aromatic rings. The number of halogens is 4. The minimum Gasteiger partial charge on any atom is -0.321 e. The van der Waals surface area contributed by atoms with Gasteiger partial charge in [0, 0.05) is 18.2 Å². The third-order valence-electron chi connectivity index (χ3n) is 3.95. The number of hydrogen-bond acceptors (Lipinski definition) is 4. The quantitative estimate of drug-likeness (QED) is 0.571. The van der Waals surface area contributed by atoms with E-state index < -0.39 is 27.7 Å². The van der Waals surface area contributed by atoms with E-state index in [0.29, 0.717) is 41.0 Å². The average Bonchev–Trinajstić information content (AvgIpc) is 2.85. The molecule has 0 atom stereocenters. The number of alkyl halides is 3. The number of amides is 1. The number of sulfonamides is 1. The van der Waals surface area contributed by atoms with Gasteiger partial charge in [-0.05, 0) is 37.1 Å². The average molecular weight is 479 g/mol. The zero-order chi connectivity index (χ0) is 23.6. The fourth-order valence-corrected chi connectivity index (χ4v) is 3.55. The van der Waals surface area contributed by atoms with Crippen LogP contribution in [0.5, 0.6) is 0 Å². The third-order valence-corrected chi connectivity index (χ3v) is 4.94. The maximum Gasteiger partial charge on any atom is 0.416 e. The Hall–Kier alpha value is -2.53. The van der Waals surface area contributed by atoms with Gasteiger partial charge in [-0.2, -0.15) is 18.3 Å². The molecule has 12 heteroatoms. The van der Waals surface area contributed by atoms with Gasteiger partial charge in [-0.1, -0.05) is 25.4 Å². The minimum atomic E-state index is -4.67. The predicted octanol–water partition coefficient (Wildman–Crippen LogP) is 4.54. The van der Waals surface area contributed by atoms with Crippen molar-refractivity contribution in [3.8, 4) is 0 Å². The molecular formula is C19H22ClF3N4O3S. The lowest BCUT2D eigenvalue weighted by Gasteiger charge is -2.14. The smallest absolute Gasteiger partial charge is 0.321 e. The van der Waals surface area contributed by atoms with E-state index in [1.54, 1.807) is 11.6 Å².